The van der Waals surface area contributed by atoms with Crippen molar-refractivity contribution in [3.05, 3.63) is 46.5 Å². The van der Waals surface area contributed by atoms with E-state index in [-0.39, 0.29) is 40.0 Å². The molecule has 0 aliphatic heterocycles. The van der Waals surface area contributed by atoms with Crippen molar-refractivity contribution in [1.29, 1.82) is 0 Å². The summed E-state index contributed by atoms with van der Waals surface area (Å²) in [6.45, 7) is 1.82. The lowest BCUT2D eigenvalue weighted by Gasteiger charge is -2.70. The first kappa shape index (κ1) is 19.9. The van der Waals surface area contributed by atoms with Gasteiger partial charge in [0.1, 0.15) is 17.3 Å². The van der Waals surface area contributed by atoms with Gasteiger partial charge in [-0.2, -0.15) is 5.10 Å². The molecule has 1 N–H and O–H groups in total. The van der Waals surface area contributed by atoms with Crippen LogP contribution in [0.25, 0.3) is 0 Å². The minimum absolute atomic E-state index is 0.00700. The Bertz CT molecular complexity index is 968. The molecule has 0 spiro atoms. The third kappa shape index (κ3) is 3.75. The highest BCUT2D eigenvalue weighted by Gasteiger charge is 2.68. The Morgan fingerprint density at radius 2 is 2.03 bits per heavy atom. The lowest BCUT2D eigenvalue weighted by atomic mass is 9.38. The van der Waals surface area contributed by atoms with Crippen LogP contribution < -0.4 is 10.1 Å². The molecule has 6 nitrogen and oxygen atoms in total. The van der Waals surface area contributed by atoms with Gasteiger partial charge in [-0.1, -0.05) is 18.5 Å². The van der Waals surface area contributed by atoms with Crippen LogP contribution in [0.3, 0.4) is 0 Å². The van der Waals surface area contributed by atoms with Crippen LogP contribution in [0.2, 0.25) is 5.02 Å². The zero-order valence-corrected chi connectivity index (χ0v) is 17.2. The predicted molar refractivity (Wildman–Crippen MR) is 106 cm³/mol. The van der Waals surface area contributed by atoms with E-state index in [9.17, 15) is 14.0 Å². The summed E-state index contributed by atoms with van der Waals surface area (Å²) in [5, 5.41) is 7.35. The Morgan fingerprint density at radius 3 is 2.66 bits per heavy atom. The molecule has 1 amide bonds. The Morgan fingerprint density at radius 1 is 1.31 bits per heavy atom. The number of ketones is 1. The molecule has 1 aromatic heterocycles. The number of aromatic nitrogens is 2. The maximum Gasteiger partial charge on any atom is 0.258 e. The van der Waals surface area contributed by atoms with Gasteiger partial charge in [-0.3, -0.25) is 14.3 Å². The standard InChI is InChI=1S/C21H23ClFN3O3/c1-3-13-6-17(26(2)25-13)18(27)8-20-10-21(11-20,12-20)24-19(28)9-29-14-4-5-15(22)16(23)7-14/h4-7H,3,8-12H2,1-2H3,(H,24,28). The molecule has 8 heteroatoms. The van der Waals surface area contributed by atoms with Crippen LogP contribution in [0.5, 0.6) is 5.75 Å². The molecule has 3 fully saturated rings. The number of amides is 1. The lowest BCUT2D eigenvalue weighted by Crippen LogP contribution is -2.75. The average Bonchev–Trinajstić information content (AvgIpc) is 3.01. The van der Waals surface area contributed by atoms with E-state index >= 15 is 0 Å². The molecule has 1 aromatic carbocycles. The van der Waals surface area contributed by atoms with E-state index in [1.165, 1.54) is 12.1 Å². The Labute approximate surface area is 173 Å². The van der Waals surface area contributed by atoms with Crippen molar-refractivity contribution >= 4 is 23.3 Å². The minimum Gasteiger partial charge on any atom is -0.484 e. The summed E-state index contributed by atoms with van der Waals surface area (Å²) in [7, 11) is 1.79. The fourth-order valence-electron chi connectivity index (χ4n) is 4.76. The molecule has 0 atom stereocenters. The van der Waals surface area contributed by atoms with E-state index in [4.69, 9.17) is 16.3 Å². The first-order valence-corrected chi connectivity index (χ1v) is 10.1. The molecule has 5 rings (SSSR count). The fraction of sp³-hybridized carbons (Fsp3) is 0.476. The molecule has 1 heterocycles. The van der Waals surface area contributed by atoms with Crippen LogP contribution in [-0.4, -0.2) is 33.6 Å². The second-order valence-electron chi connectivity index (χ2n) is 8.32. The minimum atomic E-state index is -0.588. The van der Waals surface area contributed by atoms with Gasteiger partial charge in [-0.15, -0.1) is 0 Å². The number of halogens is 2. The molecule has 0 unspecified atom stereocenters. The molecule has 2 aromatic rings. The monoisotopic (exact) mass is 419 g/mol. The van der Waals surface area contributed by atoms with Crippen LogP contribution in [0.1, 0.15) is 48.8 Å². The number of Topliss-reactive ketones (excluding diaryl/α,β-unsaturated/α-hetero) is 1. The molecule has 3 saturated carbocycles. The van der Waals surface area contributed by atoms with Gasteiger partial charge in [-0.25, -0.2) is 4.39 Å². The second kappa shape index (κ2) is 7.13. The average molecular weight is 420 g/mol. The van der Waals surface area contributed by atoms with E-state index < -0.39 is 5.82 Å². The van der Waals surface area contributed by atoms with Gasteiger partial charge >= 0.3 is 0 Å². The van der Waals surface area contributed by atoms with Crippen molar-refractivity contribution < 1.29 is 18.7 Å². The number of carbonyl (C=O) groups is 2. The smallest absolute Gasteiger partial charge is 0.258 e. The summed E-state index contributed by atoms with van der Waals surface area (Å²) < 4.78 is 20.4. The van der Waals surface area contributed by atoms with Crippen LogP contribution in [-0.2, 0) is 18.3 Å². The number of rotatable bonds is 8. The summed E-state index contributed by atoms with van der Waals surface area (Å²) in [4.78, 5) is 24.9. The largest absolute Gasteiger partial charge is 0.484 e. The van der Waals surface area contributed by atoms with Crippen molar-refractivity contribution in [3.8, 4) is 5.75 Å². The highest BCUT2D eigenvalue weighted by molar-refractivity contribution is 6.30. The van der Waals surface area contributed by atoms with Gasteiger partial charge in [0.2, 0.25) is 0 Å². The van der Waals surface area contributed by atoms with Crippen molar-refractivity contribution in [2.45, 2.75) is 44.6 Å². The van der Waals surface area contributed by atoms with E-state index in [1.807, 2.05) is 13.0 Å². The van der Waals surface area contributed by atoms with Crippen LogP contribution in [0.4, 0.5) is 4.39 Å². The molecule has 29 heavy (non-hydrogen) atoms. The molecule has 3 aliphatic rings. The number of hydrogen-bond acceptors (Lipinski definition) is 4. The third-order valence-electron chi connectivity index (χ3n) is 5.92. The highest BCUT2D eigenvalue weighted by atomic mass is 35.5. The molecule has 0 radical (unpaired) electrons. The van der Waals surface area contributed by atoms with Crippen molar-refractivity contribution in [2.24, 2.45) is 12.5 Å². The molecular weight excluding hydrogens is 397 g/mol. The van der Waals surface area contributed by atoms with Gasteiger partial charge < -0.3 is 10.1 Å². The number of nitrogens with one attached hydrogen (secondary N) is 1. The Kier molecular flexibility index (Phi) is 4.89. The summed E-state index contributed by atoms with van der Waals surface area (Å²) >= 11 is 5.63. The first-order valence-electron chi connectivity index (χ1n) is 9.68. The zero-order valence-electron chi connectivity index (χ0n) is 16.4. The Hall–Kier alpha value is -2.41. The number of ether oxygens (including phenoxy) is 1. The van der Waals surface area contributed by atoms with Crippen LogP contribution in [0.15, 0.2) is 24.3 Å². The Balaban J connectivity index is 1.25. The van der Waals surface area contributed by atoms with E-state index in [2.05, 4.69) is 10.4 Å². The van der Waals surface area contributed by atoms with Gasteiger partial charge in [0.25, 0.3) is 5.91 Å². The number of carbonyl (C=O) groups excluding carboxylic acids is 2. The zero-order chi connectivity index (χ0) is 20.8. The maximum atomic E-state index is 13.4. The SMILES string of the molecule is CCc1cc(C(=O)CC23CC(NC(=O)COc4ccc(Cl)c(F)c4)(C2)C3)n(C)n1. The van der Waals surface area contributed by atoms with Gasteiger partial charge in [0.05, 0.1) is 10.7 Å². The van der Waals surface area contributed by atoms with E-state index in [1.54, 1.807) is 11.7 Å². The lowest BCUT2D eigenvalue weighted by molar-refractivity contribution is -0.164. The van der Waals surface area contributed by atoms with Crippen LogP contribution in [0, 0.1) is 11.2 Å². The summed E-state index contributed by atoms with van der Waals surface area (Å²) in [6, 6.07) is 5.92. The second-order valence-corrected chi connectivity index (χ2v) is 8.73. The molecule has 154 valence electrons. The highest BCUT2D eigenvalue weighted by Crippen LogP contribution is 2.69. The van der Waals surface area contributed by atoms with Gasteiger partial charge in [-0.05, 0) is 49.3 Å². The molecule has 2 bridgehead atoms. The molecule has 0 saturated heterocycles. The summed E-state index contributed by atoms with van der Waals surface area (Å²) in [5.74, 6) is -0.481. The maximum absolute atomic E-state index is 13.4. The fourth-order valence-corrected chi connectivity index (χ4v) is 4.87. The van der Waals surface area contributed by atoms with Gasteiger partial charge in [0.15, 0.2) is 12.4 Å². The molecule has 3 aliphatic carbocycles. The normalized spacial score (nSPS) is 24.4. The summed E-state index contributed by atoms with van der Waals surface area (Å²) in [5.41, 5.74) is 1.32. The predicted octanol–water partition coefficient (Wildman–Crippen LogP) is 3.47. The number of aryl methyl sites for hydroxylation is 2. The van der Waals surface area contributed by atoms with Crippen LogP contribution >= 0.6 is 11.6 Å². The van der Waals surface area contributed by atoms with Crippen molar-refractivity contribution in [2.75, 3.05) is 6.61 Å². The topological polar surface area (TPSA) is 73.2 Å². The number of benzene rings is 1. The number of hydrogen-bond donors (Lipinski definition) is 1. The third-order valence-corrected chi connectivity index (χ3v) is 6.23. The quantitative estimate of drug-likeness (QED) is 0.665. The van der Waals surface area contributed by atoms with Crippen molar-refractivity contribution in [3.63, 3.8) is 0 Å². The summed E-state index contributed by atoms with van der Waals surface area (Å²) in [6.07, 6.45) is 3.67. The molecular formula is C21H23ClFN3O3. The first-order chi connectivity index (χ1) is 13.7. The van der Waals surface area contributed by atoms with Gasteiger partial charge in [0, 0.05) is 25.1 Å². The van der Waals surface area contributed by atoms with Crippen molar-refractivity contribution in [1.82, 2.24) is 15.1 Å². The number of nitrogens with zero attached hydrogens (tertiary/aromatic N) is 2. The van der Waals surface area contributed by atoms with E-state index in [0.717, 1.165) is 37.4 Å². The van der Waals surface area contributed by atoms with E-state index in [0.29, 0.717) is 12.1 Å².